The zero-order chi connectivity index (χ0) is 14.8. The van der Waals surface area contributed by atoms with Crippen LogP contribution in [0.2, 0.25) is 0 Å². The van der Waals surface area contributed by atoms with Gasteiger partial charge in [0.2, 0.25) is 0 Å². The molecule has 1 aromatic carbocycles. The van der Waals surface area contributed by atoms with Crippen LogP contribution in [-0.2, 0) is 12.8 Å². The number of pyridine rings is 1. The third kappa shape index (κ3) is 2.73. The Morgan fingerprint density at radius 1 is 1.05 bits per heavy atom. The largest absolute Gasteiger partial charge is 0.487 e. The van der Waals surface area contributed by atoms with Gasteiger partial charge >= 0.3 is 0 Å². The van der Waals surface area contributed by atoms with E-state index in [-0.39, 0.29) is 5.60 Å². The molecule has 1 saturated heterocycles. The van der Waals surface area contributed by atoms with Crippen molar-refractivity contribution in [3.8, 4) is 5.75 Å². The number of rotatable bonds is 3. The van der Waals surface area contributed by atoms with Gasteiger partial charge in [0.15, 0.2) is 0 Å². The summed E-state index contributed by atoms with van der Waals surface area (Å²) in [6.07, 6.45) is 6.25. The Morgan fingerprint density at radius 3 is 2.64 bits per heavy atom. The van der Waals surface area contributed by atoms with Crippen molar-refractivity contribution in [2.75, 3.05) is 19.6 Å². The highest BCUT2D eigenvalue weighted by atomic mass is 16.5. The van der Waals surface area contributed by atoms with Crippen LogP contribution in [-0.4, -0.2) is 35.1 Å². The van der Waals surface area contributed by atoms with Gasteiger partial charge in [-0.1, -0.05) is 24.3 Å². The van der Waals surface area contributed by atoms with Gasteiger partial charge < -0.3 is 9.64 Å². The fourth-order valence-electron chi connectivity index (χ4n) is 3.65. The Balaban J connectivity index is 1.32. The number of benzene rings is 1. The van der Waals surface area contributed by atoms with Crippen LogP contribution in [0, 0.1) is 0 Å². The highest BCUT2D eigenvalue weighted by Gasteiger charge is 2.41. The summed E-state index contributed by atoms with van der Waals surface area (Å²) in [6, 6.07) is 14.7. The molecule has 3 heterocycles. The molecule has 1 spiro atoms. The number of fused-ring (bicyclic) bond motifs is 1. The van der Waals surface area contributed by atoms with E-state index in [4.69, 9.17) is 4.74 Å². The number of para-hydroxylation sites is 1. The molecule has 4 rings (SSSR count). The lowest BCUT2D eigenvalue weighted by Gasteiger charge is -2.38. The Kier molecular flexibility index (Phi) is 3.59. The van der Waals surface area contributed by atoms with Crippen molar-refractivity contribution in [2.45, 2.75) is 31.3 Å². The van der Waals surface area contributed by atoms with Gasteiger partial charge in [0.1, 0.15) is 11.4 Å². The van der Waals surface area contributed by atoms with Crippen LogP contribution in [0.1, 0.15) is 24.1 Å². The predicted octanol–water partition coefficient (Wildman–Crippen LogP) is 3.09. The number of hydrogen-bond acceptors (Lipinski definition) is 3. The molecule has 2 aliphatic heterocycles. The number of nitrogens with zero attached hydrogens (tertiary/aromatic N) is 2. The highest BCUT2D eigenvalue weighted by Crippen LogP contribution is 2.40. The molecule has 3 heteroatoms. The standard InChI is InChI=1S/C19H22N2O/c1-2-7-18-16(5-1)15-19(22-18)9-13-21(14-10-19)12-8-17-6-3-4-11-20-17/h1-7,11H,8-10,12-15H2. The molecule has 1 aromatic heterocycles. The Bertz CT molecular complexity index is 606. The average Bonchev–Trinajstić information content (AvgIpc) is 2.93. The third-order valence-corrected chi connectivity index (χ3v) is 4.99. The fourth-order valence-corrected chi connectivity index (χ4v) is 3.65. The minimum Gasteiger partial charge on any atom is -0.487 e. The molecule has 0 atom stereocenters. The van der Waals surface area contributed by atoms with Gasteiger partial charge in [0.25, 0.3) is 0 Å². The summed E-state index contributed by atoms with van der Waals surface area (Å²) in [5.41, 5.74) is 2.63. The summed E-state index contributed by atoms with van der Waals surface area (Å²) in [6.45, 7) is 3.35. The van der Waals surface area contributed by atoms with Crippen LogP contribution in [0.25, 0.3) is 0 Å². The summed E-state index contributed by atoms with van der Waals surface area (Å²) >= 11 is 0. The van der Waals surface area contributed by atoms with Gasteiger partial charge in [-0.2, -0.15) is 0 Å². The van der Waals surface area contributed by atoms with E-state index in [0.29, 0.717) is 0 Å². The number of ether oxygens (including phenoxy) is 1. The lowest BCUT2D eigenvalue weighted by atomic mass is 9.87. The van der Waals surface area contributed by atoms with Crippen LogP contribution in [0.3, 0.4) is 0 Å². The molecule has 0 N–H and O–H groups in total. The van der Waals surface area contributed by atoms with Crippen LogP contribution in [0.5, 0.6) is 5.75 Å². The second kappa shape index (κ2) is 5.73. The molecule has 0 bridgehead atoms. The first-order valence-electron chi connectivity index (χ1n) is 8.22. The molecule has 0 aliphatic carbocycles. The average molecular weight is 294 g/mol. The number of aromatic nitrogens is 1. The molecule has 114 valence electrons. The first kappa shape index (κ1) is 13.8. The van der Waals surface area contributed by atoms with E-state index in [1.54, 1.807) is 0 Å². The zero-order valence-corrected chi connectivity index (χ0v) is 12.9. The molecule has 0 amide bonds. The van der Waals surface area contributed by atoms with Crippen LogP contribution in [0.15, 0.2) is 48.7 Å². The SMILES string of the molecule is c1ccc(CCN2CCC3(CC2)Cc2ccccc2O3)nc1. The van der Waals surface area contributed by atoms with Gasteiger partial charge in [-0.05, 0) is 23.8 Å². The molecule has 2 aromatic rings. The number of likely N-dealkylation sites (tertiary alicyclic amines) is 1. The van der Waals surface area contributed by atoms with Crippen molar-refractivity contribution in [2.24, 2.45) is 0 Å². The highest BCUT2D eigenvalue weighted by molar-refractivity contribution is 5.39. The quantitative estimate of drug-likeness (QED) is 0.870. The monoisotopic (exact) mass is 294 g/mol. The first-order valence-corrected chi connectivity index (χ1v) is 8.22. The molecule has 0 radical (unpaired) electrons. The summed E-state index contributed by atoms with van der Waals surface area (Å²) < 4.78 is 6.31. The maximum atomic E-state index is 6.31. The molecular formula is C19H22N2O. The summed E-state index contributed by atoms with van der Waals surface area (Å²) in [4.78, 5) is 6.96. The van der Waals surface area contributed by atoms with Crippen LogP contribution in [0.4, 0.5) is 0 Å². The predicted molar refractivity (Wildman–Crippen MR) is 87.1 cm³/mol. The van der Waals surface area contributed by atoms with Gasteiger partial charge in [-0.3, -0.25) is 4.98 Å². The molecule has 0 unspecified atom stereocenters. The van der Waals surface area contributed by atoms with E-state index in [1.165, 1.54) is 11.3 Å². The van der Waals surface area contributed by atoms with Crippen molar-refractivity contribution in [1.29, 1.82) is 0 Å². The van der Waals surface area contributed by atoms with E-state index in [1.807, 2.05) is 12.3 Å². The maximum Gasteiger partial charge on any atom is 0.123 e. The van der Waals surface area contributed by atoms with E-state index in [9.17, 15) is 0 Å². The van der Waals surface area contributed by atoms with Gasteiger partial charge in [0, 0.05) is 57.2 Å². The van der Waals surface area contributed by atoms with Crippen LogP contribution >= 0.6 is 0 Å². The molecule has 3 nitrogen and oxygen atoms in total. The minimum atomic E-state index is 0.0607. The second-order valence-corrected chi connectivity index (χ2v) is 6.48. The van der Waals surface area contributed by atoms with Gasteiger partial charge in [-0.15, -0.1) is 0 Å². The van der Waals surface area contributed by atoms with E-state index in [2.05, 4.69) is 46.3 Å². The van der Waals surface area contributed by atoms with Gasteiger partial charge in [-0.25, -0.2) is 0 Å². The fraction of sp³-hybridized carbons (Fsp3) is 0.421. The number of piperidine rings is 1. The molecule has 2 aliphatic rings. The van der Waals surface area contributed by atoms with Crippen molar-refractivity contribution in [1.82, 2.24) is 9.88 Å². The molecule has 1 fully saturated rings. The summed E-state index contributed by atoms with van der Waals surface area (Å²) in [5.74, 6) is 1.10. The molecule has 22 heavy (non-hydrogen) atoms. The van der Waals surface area contributed by atoms with E-state index in [0.717, 1.165) is 51.1 Å². The third-order valence-electron chi connectivity index (χ3n) is 4.99. The molecule has 0 saturated carbocycles. The topological polar surface area (TPSA) is 25.4 Å². The first-order chi connectivity index (χ1) is 10.8. The van der Waals surface area contributed by atoms with Crippen molar-refractivity contribution < 1.29 is 4.74 Å². The lowest BCUT2D eigenvalue weighted by Crippen LogP contribution is -2.47. The molecular weight excluding hydrogens is 272 g/mol. The smallest absolute Gasteiger partial charge is 0.123 e. The van der Waals surface area contributed by atoms with E-state index < -0.39 is 0 Å². The van der Waals surface area contributed by atoms with Gasteiger partial charge in [0.05, 0.1) is 0 Å². The lowest BCUT2D eigenvalue weighted by molar-refractivity contribution is 0.0198. The normalized spacial score (nSPS) is 19.8. The number of hydrogen-bond donors (Lipinski definition) is 0. The van der Waals surface area contributed by atoms with Crippen molar-refractivity contribution in [3.63, 3.8) is 0 Å². The Morgan fingerprint density at radius 2 is 1.86 bits per heavy atom. The summed E-state index contributed by atoms with van der Waals surface area (Å²) in [7, 11) is 0. The van der Waals surface area contributed by atoms with E-state index >= 15 is 0 Å². The van der Waals surface area contributed by atoms with Crippen molar-refractivity contribution in [3.05, 3.63) is 59.9 Å². The maximum absolute atomic E-state index is 6.31. The van der Waals surface area contributed by atoms with Crippen molar-refractivity contribution >= 4 is 0 Å². The minimum absolute atomic E-state index is 0.0607. The zero-order valence-electron chi connectivity index (χ0n) is 12.9. The Labute approximate surface area is 131 Å². The van der Waals surface area contributed by atoms with Crippen LogP contribution < -0.4 is 4.74 Å². The summed E-state index contributed by atoms with van der Waals surface area (Å²) in [5, 5.41) is 0. The Hall–Kier alpha value is -1.87. The second-order valence-electron chi connectivity index (χ2n) is 6.48.